The number of ether oxygens (including phenoxy) is 1. The molecule has 0 bridgehead atoms. The number of oxazole rings is 1. The first kappa shape index (κ1) is 25.2. The Morgan fingerprint density at radius 1 is 1.15 bits per heavy atom. The van der Waals surface area contributed by atoms with Crippen LogP contribution in [0.25, 0.3) is 0 Å². The molecule has 3 heterocycles. The number of aromatic nitrogens is 3. The standard InChI is InChI=1S/C21H32F3N7O2/c1-30(2)8-3-6-18-27-17(15-33-18)28-20-26-14-16(21(22,23)24)19(29-20)25-7-4-9-31-10-5-12-32-13-11-31/h14-15H,3-13H2,1-2H3,(H2,25,26,28,29). The van der Waals surface area contributed by atoms with E-state index in [0.717, 1.165) is 51.8 Å². The second-order valence-electron chi connectivity index (χ2n) is 8.20. The Morgan fingerprint density at radius 2 is 2.00 bits per heavy atom. The zero-order valence-electron chi connectivity index (χ0n) is 19.1. The van der Waals surface area contributed by atoms with Crippen LogP contribution in [0.1, 0.15) is 30.7 Å². The molecule has 184 valence electrons. The van der Waals surface area contributed by atoms with Gasteiger partial charge in [-0.25, -0.2) is 4.98 Å². The molecule has 1 aliphatic rings. The van der Waals surface area contributed by atoms with E-state index in [0.29, 0.717) is 37.7 Å². The summed E-state index contributed by atoms with van der Waals surface area (Å²) in [5, 5.41) is 5.65. The van der Waals surface area contributed by atoms with E-state index < -0.39 is 11.7 Å². The Morgan fingerprint density at radius 3 is 2.79 bits per heavy atom. The Hall–Kier alpha value is -2.44. The highest BCUT2D eigenvalue weighted by Crippen LogP contribution is 2.34. The van der Waals surface area contributed by atoms with Gasteiger partial charge in [0.1, 0.15) is 17.6 Å². The first-order chi connectivity index (χ1) is 15.8. The van der Waals surface area contributed by atoms with E-state index in [1.165, 1.54) is 6.26 Å². The predicted molar refractivity (Wildman–Crippen MR) is 119 cm³/mol. The number of halogens is 3. The van der Waals surface area contributed by atoms with Crippen LogP contribution >= 0.6 is 0 Å². The summed E-state index contributed by atoms with van der Waals surface area (Å²) in [5.74, 6) is 0.657. The van der Waals surface area contributed by atoms with Crippen molar-refractivity contribution < 1.29 is 22.3 Å². The van der Waals surface area contributed by atoms with E-state index in [2.05, 4.69) is 35.4 Å². The normalized spacial score (nSPS) is 15.6. The van der Waals surface area contributed by atoms with Crippen LogP contribution in [0, 0.1) is 0 Å². The highest BCUT2D eigenvalue weighted by molar-refractivity contribution is 5.53. The lowest BCUT2D eigenvalue weighted by Gasteiger charge is -2.19. The molecule has 0 aliphatic carbocycles. The average molecular weight is 472 g/mol. The number of hydrogen-bond acceptors (Lipinski definition) is 9. The molecular formula is C21H32F3N7O2. The summed E-state index contributed by atoms with van der Waals surface area (Å²) < 4.78 is 51.2. The predicted octanol–water partition coefficient (Wildman–Crippen LogP) is 3.25. The topological polar surface area (TPSA) is 91.6 Å². The molecule has 0 atom stereocenters. The molecule has 2 aromatic rings. The fraction of sp³-hybridized carbons (Fsp3) is 0.667. The number of nitrogens with one attached hydrogen (secondary N) is 2. The lowest BCUT2D eigenvalue weighted by Crippen LogP contribution is -2.28. The van der Waals surface area contributed by atoms with Gasteiger partial charge in [-0.2, -0.15) is 23.1 Å². The Kier molecular flexibility index (Phi) is 9.27. The summed E-state index contributed by atoms with van der Waals surface area (Å²) >= 11 is 0. The molecular weight excluding hydrogens is 439 g/mol. The average Bonchev–Trinajstić information content (AvgIpc) is 3.02. The Labute approximate surface area is 191 Å². The molecule has 33 heavy (non-hydrogen) atoms. The van der Waals surface area contributed by atoms with Crippen molar-refractivity contribution in [1.82, 2.24) is 24.8 Å². The number of rotatable bonds is 11. The van der Waals surface area contributed by atoms with Gasteiger partial charge < -0.3 is 29.6 Å². The van der Waals surface area contributed by atoms with E-state index in [9.17, 15) is 13.2 Å². The number of alkyl halides is 3. The first-order valence-corrected chi connectivity index (χ1v) is 11.2. The zero-order valence-corrected chi connectivity index (χ0v) is 19.1. The van der Waals surface area contributed by atoms with Crippen molar-refractivity contribution in [3.63, 3.8) is 0 Å². The smallest absolute Gasteiger partial charge is 0.421 e. The number of nitrogens with zero attached hydrogens (tertiary/aromatic N) is 5. The number of aryl methyl sites for hydroxylation is 1. The van der Waals surface area contributed by atoms with Gasteiger partial charge in [-0.1, -0.05) is 0 Å². The molecule has 0 amide bonds. The van der Waals surface area contributed by atoms with Crippen molar-refractivity contribution in [2.24, 2.45) is 0 Å². The van der Waals surface area contributed by atoms with Crippen molar-refractivity contribution in [2.75, 3.05) is 70.7 Å². The monoisotopic (exact) mass is 471 g/mol. The summed E-state index contributed by atoms with van der Waals surface area (Å²) in [4.78, 5) is 16.5. The van der Waals surface area contributed by atoms with Gasteiger partial charge in [-0.05, 0) is 46.4 Å². The SMILES string of the molecule is CN(C)CCCc1nc(Nc2ncc(C(F)(F)F)c(NCCCN3CCCOCC3)n2)co1. The van der Waals surface area contributed by atoms with E-state index in [1.807, 2.05) is 14.1 Å². The maximum absolute atomic E-state index is 13.4. The fourth-order valence-corrected chi connectivity index (χ4v) is 3.46. The third-order valence-electron chi connectivity index (χ3n) is 5.14. The minimum Gasteiger partial charge on any atom is -0.447 e. The molecule has 2 N–H and O–H groups in total. The van der Waals surface area contributed by atoms with E-state index in [1.54, 1.807) is 0 Å². The largest absolute Gasteiger partial charge is 0.447 e. The van der Waals surface area contributed by atoms with Gasteiger partial charge in [-0.3, -0.25) is 0 Å². The van der Waals surface area contributed by atoms with Crippen molar-refractivity contribution in [3.8, 4) is 0 Å². The molecule has 0 saturated carbocycles. The minimum absolute atomic E-state index is 0.0170. The Bertz CT molecular complexity index is 853. The summed E-state index contributed by atoms with van der Waals surface area (Å²) in [7, 11) is 3.97. The van der Waals surface area contributed by atoms with Gasteiger partial charge in [0.25, 0.3) is 0 Å². The maximum Gasteiger partial charge on any atom is 0.421 e. The lowest BCUT2D eigenvalue weighted by atomic mass is 10.3. The van der Waals surface area contributed by atoms with Crippen LogP contribution in [0.2, 0.25) is 0 Å². The molecule has 2 aromatic heterocycles. The van der Waals surface area contributed by atoms with Crippen LogP contribution in [-0.2, 0) is 17.3 Å². The molecule has 1 fully saturated rings. The minimum atomic E-state index is -4.56. The van der Waals surface area contributed by atoms with Crippen LogP contribution in [0.5, 0.6) is 0 Å². The zero-order chi connectivity index (χ0) is 23.7. The molecule has 1 saturated heterocycles. The van der Waals surface area contributed by atoms with Gasteiger partial charge >= 0.3 is 6.18 Å². The van der Waals surface area contributed by atoms with Crippen LogP contribution in [0.4, 0.5) is 30.8 Å². The molecule has 1 aliphatic heterocycles. The molecule has 0 unspecified atom stereocenters. The van der Waals surface area contributed by atoms with Crippen LogP contribution in [-0.4, -0.2) is 84.8 Å². The highest BCUT2D eigenvalue weighted by Gasteiger charge is 2.35. The van der Waals surface area contributed by atoms with E-state index in [4.69, 9.17) is 9.15 Å². The molecule has 0 aromatic carbocycles. The summed E-state index contributed by atoms with van der Waals surface area (Å²) in [6, 6.07) is 0. The van der Waals surface area contributed by atoms with Crippen LogP contribution < -0.4 is 10.6 Å². The van der Waals surface area contributed by atoms with Crippen LogP contribution in [0.15, 0.2) is 16.9 Å². The quantitative estimate of drug-likeness (QED) is 0.479. The summed E-state index contributed by atoms with van der Waals surface area (Å²) in [6.45, 7) is 5.25. The van der Waals surface area contributed by atoms with Crippen molar-refractivity contribution in [1.29, 1.82) is 0 Å². The first-order valence-electron chi connectivity index (χ1n) is 11.2. The van der Waals surface area contributed by atoms with Gasteiger partial charge in [-0.15, -0.1) is 0 Å². The van der Waals surface area contributed by atoms with Gasteiger partial charge in [0.2, 0.25) is 5.95 Å². The fourth-order valence-electron chi connectivity index (χ4n) is 3.46. The Balaban J connectivity index is 1.58. The van der Waals surface area contributed by atoms with Crippen molar-refractivity contribution in [3.05, 3.63) is 23.9 Å². The highest BCUT2D eigenvalue weighted by atomic mass is 19.4. The van der Waals surface area contributed by atoms with Gasteiger partial charge in [0.05, 0.1) is 6.61 Å². The lowest BCUT2D eigenvalue weighted by molar-refractivity contribution is -0.137. The van der Waals surface area contributed by atoms with E-state index in [-0.39, 0.29) is 11.8 Å². The third kappa shape index (κ3) is 8.45. The number of anilines is 3. The van der Waals surface area contributed by atoms with Crippen LogP contribution in [0.3, 0.4) is 0 Å². The molecule has 0 radical (unpaired) electrons. The molecule has 9 nitrogen and oxygen atoms in total. The molecule has 12 heteroatoms. The summed E-state index contributed by atoms with van der Waals surface area (Å²) in [6.07, 6.45) is 0.810. The molecule has 0 spiro atoms. The second-order valence-corrected chi connectivity index (χ2v) is 8.20. The maximum atomic E-state index is 13.4. The van der Waals surface area contributed by atoms with Crippen molar-refractivity contribution >= 4 is 17.6 Å². The van der Waals surface area contributed by atoms with Gasteiger partial charge in [0, 0.05) is 38.9 Å². The molecule has 3 rings (SSSR count). The van der Waals surface area contributed by atoms with Gasteiger partial charge in [0.15, 0.2) is 11.7 Å². The number of hydrogen-bond donors (Lipinski definition) is 2. The van der Waals surface area contributed by atoms with E-state index >= 15 is 0 Å². The van der Waals surface area contributed by atoms with Crippen molar-refractivity contribution in [2.45, 2.75) is 31.9 Å². The third-order valence-corrected chi connectivity index (χ3v) is 5.14. The summed E-state index contributed by atoms with van der Waals surface area (Å²) in [5.41, 5.74) is -0.902. The second kappa shape index (κ2) is 12.1.